The SMILES string of the molecule is CSC(C)CCNC1CCOC1C. The molecule has 1 saturated heterocycles. The van der Waals surface area contributed by atoms with E-state index in [0.717, 1.165) is 18.4 Å². The summed E-state index contributed by atoms with van der Waals surface area (Å²) < 4.78 is 5.48. The summed E-state index contributed by atoms with van der Waals surface area (Å²) in [7, 11) is 0. The van der Waals surface area contributed by atoms with Crippen molar-refractivity contribution in [3.05, 3.63) is 0 Å². The average Bonchev–Trinajstić information content (AvgIpc) is 2.52. The molecular formula is C10H21NOS. The maximum Gasteiger partial charge on any atom is 0.0700 e. The Morgan fingerprint density at radius 1 is 1.62 bits per heavy atom. The van der Waals surface area contributed by atoms with Crippen LogP contribution < -0.4 is 5.32 Å². The van der Waals surface area contributed by atoms with Crippen LogP contribution in [0.1, 0.15) is 26.7 Å². The summed E-state index contributed by atoms with van der Waals surface area (Å²) in [4.78, 5) is 0. The second-order valence-corrected chi connectivity index (χ2v) is 5.04. The van der Waals surface area contributed by atoms with Gasteiger partial charge in [0.1, 0.15) is 0 Å². The normalized spacial score (nSPS) is 30.7. The van der Waals surface area contributed by atoms with Crippen molar-refractivity contribution in [1.82, 2.24) is 5.32 Å². The molecule has 0 aliphatic carbocycles. The molecule has 0 saturated carbocycles. The van der Waals surface area contributed by atoms with Crippen molar-refractivity contribution in [2.75, 3.05) is 19.4 Å². The summed E-state index contributed by atoms with van der Waals surface area (Å²) in [6, 6.07) is 0.592. The first-order valence-corrected chi connectivity index (χ1v) is 6.40. The Bertz CT molecular complexity index is 143. The van der Waals surface area contributed by atoms with Crippen LogP contribution in [0.3, 0.4) is 0 Å². The second kappa shape index (κ2) is 5.89. The Balaban J connectivity index is 2.05. The van der Waals surface area contributed by atoms with Crippen molar-refractivity contribution < 1.29 is 4.74 Å². The minimum absolute atomic E-state index is 0.407. The summed E-state index contributed by atoms with van der Waals surface area (Å²) in [6.45, 7) is 6.49. The van der Waals surface area contributed by atoms with E-state index in [2.05, 4.69) is 25.4 Å². The minimum atomic E-state index is 0.407. The molecule has 1 rings (SSSR count). The smallest absolute Gasteiger partial charge is 0.0700 e. The van der Waals surface area contributed by atoms with E-state index in [1.807, 2.05) is 11.8 Å². The predicted molar refractivity (Wildman–Crippen MR) is 59.4 cm³/mol. The summed E-state index contributed by atoms with van der Waals surface area (Å²) >= 11 is 1.94. The van der Waals surface area contributed by atoms with Gasteiger partial charge >= 0.3 is 0 Å². The van der Waals surface area contributed by atoms with Gasteiger partial charge in [0.05, 0.1) is 6.10 Å². The molecule has 0 spiro atoms. The number of hydrogen-bond acceptors (Lipinski definition) is 3. The van der Waals surface area contributed by atoms with Gasteiger partial charge < -0.3 is 10.1 Å². The van der Waals surface area contributed by atoms with Crippen LogP contribution in [0.15, 0.2) is 0 Å². The van der Waals surface area contributed by atoms with Crippen LogP contribution in [-0.4, -0.2) is 36.8 Å². The fourth-order valence-electron chi connectivity index (χ4n) is 1.59. The Labute approximate surface area is 85.8 Å². The van der Waals surface area contributed by atoms with Crippen LogP contribution in [0.5, 0.6) is 0 Å². The topological polar surface area (TPSA) is 21.3 Å². The van der Waals surface area contributed by atoms with Gasteiger partial charge in [-0.25, -0.2) is 0 Å². The third kappa shape index (κ3) is 3.88. The first-order valence-electron chi connectivity index (χ1n) is 5.12. The Kier molecular flexibility index (Phi) is 5.14. The van der Waals surface area contributed by atoms with Crippen molar-refractivity contribution in [3.8, 4) is 0 Å². The molecule has 0 amide bonds. The third-order valence-electron chi connectivity index (χ3n) is 2.74. The monoisotopic (exact) mass is 203 g/mol. The van der Waals surface area contributed by atoms with Crippen LogP contribution in [0.2, 0.25) is 0 Å². The molecular weight excluding hydrogens is 182 g/mol. The standard InChI is InChI=1S/C10H21NOS/c1-8(13-3)4-6-11-10-5-7-12-9(10)2/h8-11H,4-7H2,1-3H3. The number of thioether (sulfide) groups is 1. The summed E-state index contributed by atoms with van der Waals surface area (Å²) in [5.74, 6) is 0. The molecule has 1 N–H and O–H groups in total. The highest BCUT2D eigenvalue weighted by molar-refractivity contribution is 7.99. The molecule has 0 aromatic carbocycles. The van der Waals surface area contributed by atoms with Gasteiger partial charge in [-0.3, -0.25) is 0 Å². The van der Waals surface area contributed by atoms with E-state index in [4.69, 9.17) is 4.74 Å². The number of ether oxygens (including phenoxy) is 1. The zero-order valence-electron chi connectivity index (χ0n) is 8.88. The highest BCUT2D eigenvalue weighted by Crippen LogP contribution is 2.13. The molecule has 0 radical (unpaired) electrons. The van der Waals surface area contributed by atoms with Crippen molar-refractivity contribution in [1.29, 1.82) is 0 Å². The van der Waals surface area contributed by atoms with Crippen molar-refractivity contribution in [3.63, 3.8) is 0 Å². The molecule has 0 aromatic rings. The molecule has 0 aromatic heterocycles. The van der Waals surface area contributed by atoms with E-state index in [-0.39, 0.29) is 0 Å². The second-order valence-electron chi connectivity index (χ2n) is 3.76. The van der Waals surface area contributed by atoms with Crippen LogP contribution >= 0.6 is 11.8 Å². The van der Waals surface area contributed by atoms with Gasteiger partial charge in [-0.05, 0) is 32.6 Å². The molecule has 13 heavy (non-hydrogen) atoms. The Hall–Kier alpha value is 0.270. The number of hydrogen-bond donors (Lipinski definition) is 1. The van der Waals surface area contributed by atoms with Crippen LogP contribution in [-0.2, 0) is 4.74 Å². The number of nitrogens with one attached hydrogen (secondary N) is 1. The van der Waals surface area contributed by atoms with Crippen LogP contribution in [0, 0.1) is 0 Å². The molecule has 1 aliphatic heterocycles. The maximum absolute atomic E-state index is 5.48. The Morgan fingerprint density at radius 2 is 2.38 bits per heavy atom. The highest BCUT2D eigenvalue weighted by Gasteiger charge is 2.22. The predicted octanol–water partition coefficient (Wildman–Crippen LogP) is 1.90. The molecule has 2 nitrogen and oxygen atoms in total. The molecule has 1 aliphatic rings. The number of rotatable bonds is 5. The van der Waals surface area contributed by atoms with Crippen LogP contribution in [0.25, 0.3) is 0 Å². The molecule has 3 atom stereocenters. The maximum atomic E-state index is 5.48. The van der Waals surface area contributed by atoms with Gasteiger partial charge in [-0.15, -0.1) is 0 Å². The van der Waals surface area contributed by atoms with Gasteiger partial charge in [0, 0.05) is 17.9 Å². The van der Waals surface area contributed by atoms with E-state index in [1.54, 1.807) is 0 Å². The van der Waals surface area contributed by atoms with Gasteiger partial charge in [-0.1, -0.05) is 6.92 Å². The molecule has 3 heteroatoms. The van der Waals surface area contributed by atoms with Gasteiger partial charge in [0.15, 0.2) is 0 Å². The lowest BCUT2D eigenvalue weighted by atomic mass is 10.1. The molecule has 78 valence electrons. The average molecular weight is 203 g/mol. The van der Waals surface area contributed by atoms with Crippen molar-refractivity contribution in [2.24, 2.45) is 0 Å². The van der Waals surface area contributed by atoms with E-state index in [0.29, 0.717) is 12.1 Å². The van der Waals surface area contributed by atoms with E-state index >= 15 is 0 Å². The van der Waals surface area contributed by atoms with E-state index in [9.17, 15) is 0 Å². The lowest BCUT2D eigenvalue weighted by Gasteiger charge is -2.17. The summed E-state index contributed by atoms with van der Waals surface area (Å²) in [5, 5.41) is 4.33. The van der Waals surface area contributed by atoms with Gasteiger partial charge in [0.2, 0.25) is 0 Å². The zero-order valence-corrected chi connectivity index (χ0v) is 9.69. The minimum Gasteiger partial charge on any atom is -0.377 e. The molecule has 3 unspecified atom stereocenters. The lowest BCUT2D eigenvalue weighted by Crippen LogP contribution is -2.35. The van der Waals surface area contributed by atoms with Gasteiger partial charge in [0.25, 0.3) is 0 Å². The zero-order chi connectivity index (χ0) is 9.68. The molecule has 0 bridgehead atoms. The third-order valence-corrected chi connectivity index (χ3v) is 3.78. The highest BCUT2D eigenvalue weighted by atomic mass is 32.2. The first-order chi connectivity index (χ1) is 6.24. The lowest BCUT2D eigenvalue weighted by molar-refractivity contribution is 0.113. The van der Waals surface area contributed by atoms with Crippen LogP contribution in [0.4, 0.5) is 0 Å². The van der Waals surface area contributed by atoms with Gasteiger partial charge in [-0.2, -0.15) is 11.8 Å². The van der Waals surface area contributed by atoms with E-state index in [1.165, 1.54) is 12.8 Å². The molecule has 1 fully saturated rings. The van der Waals surface area contributed by atoms with Crippen molar-refractivity contribution in [2.45, 2.75) is 44.1 Å². The Morgan fingerprint density at radius 3 is 2.92 bits per heavy atom. The quantitative estimate of drug-likeness (QED) is 0.737. The van der Waals surface area contributed by atoms with E-state index < -0.39 is 0 Å². The summed E-state index contributed by atoms with van der Waals surface area (Å²) in [6.07, 6.45) is 5.01. The fourth-order valence-corrected chi connectivity index (χ4v) is 1.94. The summed E-state index contributed by atoms with van der Waals surface area (Å²) in [5.41, 5.74) is 0. The molecule has 1 heterocycles. The van der Waals surface area contributed by atoms with Crippen molar-refractivity contribution >= 4 is 11.8 Å². The fraction of sp³-hybridized carbons (Fsp3) is 1.00. The largest absolute Gasteiger partial charge is 0.377 e. The first kappa shape index (κ1) is 11.3.